The molecule has 1 aromatic heterocycles. The summed E-state index contributed by atoms with van der Waals surface area (Å²) in [5.41, 5.74) is 0.324. The van der Waals surface area contributed by atoms with Crippen LogP contribution in [0.15, 0.2) is 18.3 Å². The Labute approximate surface area is 80.4 Å². The number of carbonyl (C=O) groups excluding carboxylic acids is 1. The molecular weight excluding hydrogens is 194 g/mol. The van der Waals surface area contributed by atoms with Gasteiger partial charge in [0, 0.05) is 12.3 Å². The Morgan fingerprint density at radius 3 is 3.08 bits per heavy atom. The summed E-state index contributed by atoms with van der Waals surface area (Å²) in [5.74, 6) is -0.264. The van der Waals surface area contributed by atoms with Gasteiger partial charge in [0.25, 0.3) is 0 Å². The average Bonchev–Trinajstić information content (AvgIpc) is 2.18. The number of rotatable bonds is 3. The van der Waals surface area contributed by atoms with Crippen molar-refractivity contribution in [3.05, 3.63) is 31.0 Å². The Hall–Kier alpha value is -1.29. The number of aromatic nitrogens is 1. The second-order valence-electron chi connectivity index (χ2n) is 2.07. The normalized spacial score (nSPS) is 9.38. The van der Waals surface area contributed by atoms with E-state index in [4.69, 9.17) is 16.3 Å². The maximum atomic E-state index is 11.0. The minimum atomic E-state index is -0.540. The predicted octanol–water partition coefficient (Wildman–Crippen LogP) is 1.61. The lowest BCUT2D eigenvalue weighted by Gasteiger charge is -2.01. The number of alkyl halides is 1. The van der Waals surface area contributed by atoms with Crippen LogP contribution in [-0.4, -0.2) is 17.0 Å². The van der Waals surface area contributed by atoms with E-state index in [-0.39, 0.29) is 11.9 Å². The lowest BCUT2D eigenvalue weighted by atomic mass is 10.3. The molecule has 0 aliphatic carbocycles. The van der Waals surface area contributed by atoms with Crippen molar-refractivity contribution in [3.63, 3.8) is 0 Å². The molecule has 0 aliphatic rings. The van der Waals surface area contributed by atoms with Crippen LogP contribution in [0.5, 0.6) is 5.88 Å². The summed E-state index contributed by atoms with van der Waals surface area (Å²) in [4.78, 5) is 14.8. The first-order valence-electron chi connectivity index (χ1n) is 3.39. The molecular formula is C8H7ClNO3. The first-order chi connectivity index (χ1) is 6.27. The number of ether oxygens (including phenoxy) is 2. The van der Waals surface area contributed by atoms with Gasteiger partial charge in [-0.15, -0.1) is 0 Å². The molecule has 69 valence electrons. The van der Waals surface area contributed by atoms with Gasteiger partial charge in [-0.2, -0.15) is 0 Å². The van der Waals surface area contributed by atoms with E-state index in [2.05, 4.69) is 16.8 Å². The molecule has 0 bridgehead atoms. The van der Waals surface area contributed by atoms with E-state index in [1.54, 1.807) is 0 Å². The molecule has 0 aliphatic heterocycles. The topological polar surface area (TPSA) is 48.4 Å². The molecule has 13 heavy (non-hydrogen) atoms. The smallest absolute Gasteiger partial charge is 0.338 e. The fourth-order valence-corrected chi connectivity index (χ4v) is 0.866. The van der Waals surface area contributed by atoms with E-state index in [0.29, 0.717) is 5.56 Å². The van der Waals surface area contributed by atoms with Gasteiger partial charge >= 0.3 is 5.97 Å². The summed E-state index contributed by atoms with van der Waals surface area (Å²) >= 11 is 5.31. The molecule has 5 heteroatoms. The van der Waals surface area contributed by atoms with Crippen molar-refractivity contribution >= 4 is 17.6 Å². The highest BCUT2D eigenvalue weighted by atomic mass is 35.5. The van der Waals surface area contributed by atoms with Gasteiger partial charge in [0.15, 0.2) is 6.07 Å². The quantitative estimate of drug-likeness (QED) is 0.549. The third-order valence-electron chi connectivity index (χ3n) is 1.30. The second-order valence-corrected chi connectivity index (χ2v) is 2.29. The Balaban J connectivity index is 2.85. The standard InChI is InChI=1S/C8H7ClNO3/c1-12-8(11)6-2-3-10-7(4-6)13-5-9/h2-4H,1,5H2. The highest BCUT2D eigenvalue weighted by molar-refractivity contribution is 6.17. The monoisotopic (exact) mass is 200 g/mol. The summed E-state index contributed by atoms with van der Waals surface area (Å²) in [6, 6.07) is 2.90. The fourth-order valence-electron chi connectivity index (χ4n) is 0.755. The number of nitrogens with zero attached hydrogens (tertiary/aromatic N) is 1. The van der Waals surface area contributed by atoms with Crippen LogP contribution in [0, 0.1) is 7.11 Å². The zero-order chi connectivity index (χ0) is 9.68. The van der Waals surface area contributed by atoms with Crippen molar-refractivity contribution in [1.82, 2.24) is 4.98 Å². The third kappa shape index (κ3) is 2.59. The van der Waals surface area contributed by atoms with Gasteiger partial charge in [-0.1, -0.05) is 11.6 Å². The summed E-state index contributed by atoms with van der Waals surface area (Å²) in [7, 11) is 3.00. The summed E-state index contributed by atoms with van der Waals surface area (Å²) in [5, 5.41) is 0. The van der Waals surface area contributed by atoms with Gasteiger partial charge in [-0.3, -0.25) is 0 Å². The molecule has 1 aromatic rings. The molecule has 0 N–H and O–H groups in total. The Kier molecular flexibility index (Phi) is 3.52. The van der Waals surface area contributed by atoms with Crippen LogP contribution in [0.1, 0.15) is 10.4 Å². The molecule has 0 aromatic carbocycles. The predicted molar refractivity (Wildman–Crippen MR) is 46.4 cm³/mol. The van der Waals surface area contributed by atoms with Crippen LogP contribution in [-0.2, 0) is 4.74 Å². The molecule has 0 atom stereocenters. The van der Waals surface area contributed by atoms with Gasteiger partial charge in [0.05, 0.1) is 5.56 Å². The first kappa shape index (κ1) is 9.80. The first-order valence-corrected chi connectivity index (χ1v) is 3.92. The van der Waals surface area contributed by atoms with Gasteiger partial charge < -0.3 is 9.47 Å². The Bertz CT molecular complexity index is 303. The van der Waals surface area contributed by atoms with E-state index in [1.807, 2.05) is 0 Å². The van der Waals surface area contributed by atoms with Crippen LogP contribution < -0.4 is 4.74 Å². The summed E-state index contributed by atoms with van der Waals surface area (Å²) in [6.07, 6.45) is 1.42. The van der Waals surface area contributed by atoms with Gasteiger partial charge in [0.2, 0.25) is 5.88 Å². The molecule has 0 saturated carbocycles. The van der Waals surface area contributed by atoms with Crippen LogP contribution in [0.4, 0.5) is 0 Å². The van der Waals surface area contributed by atoms with E-state index in [1.165, 1.54) is 18.3 Å². The van der Waals surface area contributed by atoms with E-state index >= 15 is 0 Å². The number of hydrogen-bond donors (Lipinski definition) is 0. The maximum absolute atomic E-state index is 11.0. The van der Waals surface area contributed by atoms with E-state index in [9.17, 15) is 4.79 Å². The number of hydrogen-bond acceptors (Lipinski definition) is 4. The zero-order valence-electron chi connectivity index (χ0n) is 6.70. The van der Waals surface area contributed by atoms with Gasteiger partial charge in [-0.05, 0) is 6.07 Å². The molecule has 0 spiro atoms. The van der Waals surface area contributed by atoms with Crippen LogP contribution in [0.25, 0.3) is 0 Å². The van der Waals surface area contributed by atoms with Crippen molar-refractivity contribution in [2.24, 2.45) is 0 Å². The third-order valence-corrected chi connectivity index (χ3v) is 1.41. The minimum Gasteiger partial charge on any atom is -0.461 e. The van der Waals surface area contributed by atoms with Crippen molar-refractivity contribution in [3.8, 4) is 5.88 Å². The molecule has 0 fully saturated rings. The fraction of sp³-hybridized carbons (Fsp3) is 0.125. The minimum absolute atomic E-state index is 0.0180. The van der Waals surface area contributed by atoms with E-state index < -0.39 is 5.97 Å². The molecule has 0 amide bonds. The largest absolute Gasteiger partial charge is 0.461 e. The summed E-state index contributed by atoms with van der Waals surface area (Å²) in [6.45, 7) is 0. The highest BCUT2D eigenvalue weighted by Gasteiger charge is 2.06. The number of halogens is 1. The van der Waals surface area contributed by atoms with Crippen molar-refractivity contribution in [1.29, 1.82) is 0 Å². The maximum Gasteiger partial charge on any atom is 0.338 e. The molecule has 0 saturated heterocycles. The van der Waals surface area contributed by atoms with E-state index in [0.717, 1.165) is 0 Å². The Morgan fingerprint density at radius 2 is 2.46 bits per heavy atom. The van der Waals surface area contributed by atoms with Crippen LogP contribution in [0.3, 0.4) is 0 Å². The van der Waals surface area contributed by atoms with Gasteiger partial charge in [-0.25, -0.2) is 9.78 Å². The van der Waals surface area contributed by atoms with Crippen molar-refractivity contribution in [2.75, 3.05) is 6.07 Å². The molecule has 1 rings (SSSR count). The lowest BCUT2D eigenvalue weighted by molar-refractivity contribution is 0.0653. The second kappa shape index (κ2) is 4.67. The molecule has 0 unspecified atom stereocenters. The van der Waals surface area contributed by atoms with Crippen molar-refractivity contribution < 1.29 is 14.3 Å². The van der Waals surface area contributed by atoms with Crippen LogP contribution in [0.2, 0.25) is 0 Å². The highest BCUT2D eigenvalue weighted by Crippen LogP contribution is 2.10. The lowest BCUT2D eigenvalue weighted by Crippen LogP contribution is -2.01. The number of esters is 1. The molecule has 1 heterocycles. The van der Waals surface area contributed by atoms with Crippen molar-refractivity contribution in [2.45, 2.75) is 0 Å². The summed E-state index contributed by atoms with van der Waals surface area (Å²) < 4.78 is 9.13. The molecule has 4 nitrogen and oxygen atoms in total. The van der Waals surface area contributed by atoms with Crippen LogP contribution >= 0.6 is 11.6 Å². The zero-order valence-corrected chi connectivity index (χ0v) is 7.45. The van der Waals surface area contributed by atoms with Gasteiger partial charge in [0.1, 0.15) is 7.11 Å². The SMILES string of the molecule is [CH2]OC(=O)c1ccnc(OCCl)c1. The number of carbonyl (C=O) groups is 1. The Morgan fingerprint density at radius 1 is 1.69 bits per heavy atom. The molecule has 1 radical (unpaired) electrons. The number of pyridine rings is 1. The average molecular weight is 201 g/mol.